The Labute approximate surface area is 160 Å². The Hall–Kier alpha value is -1.49. The standard InChI is InChI=1S/C17H29N5O4S/c1-14-18-16(13-19(14)2)27(24,25)22-7-4-6-20(9-10-22)15-5-8-21(17(15)23)11-12-26-3/h13,15H,4-12H2,1-3H3. The lowest BCUT2D eigenvalue weighted by atomic mass is 10.2. The van der Waals surface area contributed by atoms with Gasteiger partial charge in [0.05, 0.1) is 12.6 Å². The topological polar surface area (TPSA) is 88.0 Å². The summed E-state index contributed by atoms with van der Waals surface area (Å²) in [6.45, 7) is 5.76. The third-order valence-electron chi connectivity index (χ3n) is 5.46. The minimum absolute atomic E-state index is 0.0960. The lowest BCUT2D eigenvalue weighted by Crippen LogP contribution is -2.44. The fourth-order valence-corrected chi connectivity index (χ4v) is 5.23. The molecule has 0 bridgehead atoms. The third-order valence-corrected chi connectivity index (χ3v) is 7.23. The van der Waals surface area contributed by atoms with Crippen LogP contribution < -0.4 is 0 Å². The Balaban J connectivity index is 1.65. The van der Waals surface area contributed by atoms with Crippen LogP contribution in [0.4, 0.5) is 0 Å². The number of hydrogen-bond acceptors (Lipinski definition) is 6. The molecule has 1 aromatic heterocycles. The molecule has 2 saturated heterocycles. The fraction of sp³-hybridized carbons (Fsp3) is 0.765. The predicted octanol–water partition coefficient (Wildman–Crippen LogP) is -0.328. The highest BCUT2D eigenvalue weighted by Crippen LogP contribution is 2.21. The highest BCUT2D eigenvalue weighted by molar-refractivity contribution is 7.89. The number of amides is 1. The van der Waals surface area contributed by atoms with Crippen molar-refractivity contribution in [1.82, 2.24) is 23.7 Å². The Morgan fingerprint density at radius 1 is 1.22 bits per heavy atom. The molecule has 1 amide bonds. The summed E-state index contributed by atoms with van der Waals surface area (Å²) in [6.07, 6.45) is 3.04. The van der Waals surface area contributed by atoms with Gasteiger partial charge in [-0.25, -0.2) is 13.4 Å². The van der Waals surface area contributed by atoms with Gasteiger partial charge in [-0.3, -0.25) is 9.69 Å². The van der Waals surface area contributed by atoms with Gasteiger partial charge in [-0.05, 0) is 19.8 Å². The van der Waals surface area contributed by atoms with Crippen LogP contribution in [0.5, 0.6) is 0 Å². The largest absolute Gasteiger partial charge is 0.383 e. The number of ether oxygens (including phenoxy) is 1. The first-order valence-electron chi connectivity index (χ1n) is 9.36. The number of likely N-dealkylation sites (tertiary alicyclic amines) is 1. The van der Waals surface area contributed by atoms with Gasteiger partial charge in [0.15, 0.2) is 5.03 Å². The van der Waals surface area contributed by atoms with E-state index in [4.69, 9.17) is 4.74 Å². The molecule has 0 aliphatic carbocycles. The summed E-state index contributed by atoms with van der Waals surface area (Å²) in [4.78, 5) is 20.8. The minimum Gasteiger partial charge on any atom is -0.383 e. The van der Waals surface area contributed by atoms with Crippen molar-refractivity contribution in [1.29, 1.82) is 0 Å². The van der Waals surface area contributed by atoms with Crippen LogP contribution in [0.1, 0.15) is 18.7 Å². The summed E-state index contributed by atoms with van der Waals surface area (Å²) >= 11 is 0. The molecule has 2 fully saturated rings. The third kappa shape index (κ3) is 4.18. The van der Waals surface area contributed by atoms with Crippen LogP contribution in [0.25, 0.3) is 0 Å². The molecule has 0 saturated carbocycles. The first kappa shape index (κ1) is 20.2. The van der Waals surface area contributed by atoms with E-state index in [-0.39, 0.29) is 17.0 Å². The van der Waals surface area contributed by atoms with Crippen molar-refractivity contribution >= 4 is 15.9 Å². The molecule has 2 aliphatic heterocycles. The van der Waals surface area contributed by atoms with Gasteiger partial charge in [0.2, 0.25) is 5.91 Å². The van der Waals surface area contributed by atoms with E-state index in [0.29, 0.717) is 45.0 Å². The van der Waals surface area contributed by atoms with E-state index in [0.717, 1.165) is 19.5 Å². The summed E-state index contributed by atoms with van der Waals surface area (Å²) in [5.41, 5.74) is 0. The molecule has 1 atom stereocenters. The van der Waals surface area contributed by atoms with Crippen molar-refractivity contribution in [2.45, 2.75) is 30.8 Å². The van der Waals surface area contributed by atoms with E-state index < -0.39 is 10.0 Å². The second-order valence-electron chi connectivity index (χ2n) is 7.15. The molecule has 0 aromatic carbocycles. The van der Waals surface area contributed by atoms with E-state index >= 15 is 0 Å². The van der Waals surface area contributed by atoms with Crippen molar-refractivity contribution in [3.63, 3.8) is 0 Å². The molecule has 1 unspecified atom stereocenters. The SMILES string of the molecule is COCCN1CCC(N2CCCN(S(=O)(=O)c3cn(C)c(C)n3)CC2)C1=O. The Morgan fingerprint density at radius 2 is 2.00 bits per heavy atom. The zero-order valence-electron chi connectivity index (χ0n) is 16.3. The number of carbonyl (C=O) groups excluding carboxylic acids is 1. The van der Waals surface area contributed by atoms with Crippen molar-refractivity contribution in [3.8, 4) is 0 Å². The summed E-state index contributed by atoms with van der Waals surface area (Å²) in [5, 5.41) is 0.0960. The number of rotatable bonds is 6. The molecule has 1 aromatic rings. The molecular weight excluding hydrogens is 370 g/mol. The summed E-state index contributed by atoms with van der Waals surface area (Å²) in [6, 6.07) is -0.151. The fourth-order valence-electron chi connectivity index (χ4n) is 3.73. The molecule has 10 heteroatoms. The van der Waals surface area contributed by atoms with Gasteiger partial charge in [-0.15, -0.1) is 0 Å². The van der Waals surface area contributed by atoms with Crippen LogP contribution in [0.15, 0.2) is 11.2 Å². The molecule has 27 heavy (non-hydrogen) atoms. The van der Waals surface area contributed by atoms with Gasteiger partial charge < -0.3 is 14.2 Å². The molecule has 0 spiro atoms. The van der Waals surface area contributed by atoms with E-state index in [1.54, 1.807) is 31.8 Å². The van der Waals surface area contributed by atoms with Crippen LogP contribution in [0.2, 0.25) is 0 Å². The van der Waals surface area contributed by atoms with Gasteiger partial charge in [0.1, 0.15) is 5.82 Å². The van der Waals surface area contributed by atoms with E-state index in [2.05, 4.69) is 9.88 Å². The number of imidazole rings is 1. The molecule has 0 radical (unpaired) electrons. The zero-order valence-corrected chi connectivity index (χ0v) is 17.1. The molecule has 3 rings (SSSR count). The summed E-state index contributed by atoms with van der Waals surface area (Å²) in [5.74, 6) is 0.793. The second-order valence-corrected chi connectivity index (χ2v) is 9.04. The maximum atomic E-state index is 12.9. The lowest BCUT2D eigenvalue weighted by Gasteiger charge is -2.26. The first-order valence-corrected chi connectivity index (χ1v) is 10.8. The van der Waals surface area contributed by atoms with Crippen LogP contribution in [-0.2, 0) is 26.6 Å². The van der Waals surface area contributed by atoms with Gasteiger partial charge in [-0.2, -0.15) is 4.31 Å². The Kier molecular flexibility index (Phi) is 6.19. The molecule has 0 N–H and O–H groups in total. The zero-order chi connectivity index (χ0) is 19.6. The lowest BCUT2D eigenvalue weighted by molar-refractivity contribution is -0.132. The predicted molar refractivity (Wildman–Crippen MR) is 99.8 cm³/mol. The van der Waals surface area contributed by atoms with E-state index in [1.807, 2.05) is 4.90 Å². The van der Waals surface area contributed by atoms with Crippen molar-refractivity contribution in [2.24, 2.45) is 7.05 Å². The van der Waals surface area contributed by atoms with Crippen molar-refractivity contribution in [3.05, 3.63) is 12.0 Å². The molecule has 2 aliphatic rings. The Bertz CT molecular complexity index is 759. The van der Waals surface area contributed by atoms with Gasteiger partial charge in [-0.1, -0.05) is 0 Å². The molecular formula is C17H29N5O4S. The smallest absolute Gasteiger partial charge is 0.262 e. The number of aryl methyl sites for hydroxylation is 2. The highest BCUT2D eigenvalue weighted by atomic mass is 32.2. The molecule has 152 valence electrons. The summed E-state index contributed by atoms with van der Waals surface area (Å²) < 4.78 is 34.1. The van der Waals surface area contributed by atoms with Crippen LogP contribution in [0, 0.1) is 6.92 Å². The number of aromatic nitrogens is 2. The van der Waals surface area contributed by atoms with Crippen LogP contribution in [0.3, 0.4) is 0 Å². The van der Waals surface area contributed by atoms with E-state index in [1.165, 1.54) is 4.31 Å². The average Bonchev–Trinajstić information content (AvgIpc) is 3.05. The monoisotopic (exact) mass is 399 g/mol. The summed E-state index contributed by atoms with van der Waals surface area (Å²) in [7, 11) is -0.193. The first-order chi connectivity index (χ1) is 12.8. The van der Waals surface area contributed by atoms with Crippen LogP contribution >= 0.6 is 0 Å². The maximum absolute atomic E-state index is 12.9. The number of carbonyl (C=O) groups is 1. The van der Waals surface area contributed by atoms with Gasteiger partial charge in [0, 0.05) is 59.6 Å². The maximum Gasteiger partial charge on any atom is 0.262 e. The van der Waals surface area contributed by atoms with Gasteiger partial charge in [0.25, 0.3) is 10.0 Å². The van der Waals surface area contributed by atoms with Crippen LogP contribution in [-0.4, -0.2) is 97.0 Å². The highest BCUT2D eigenvalue weighted by Gasteiger charge is 2.37. The number of methoxy groups -OCH3 is 1. The number of nitrogens with zero attached hydrogens (tertiary/aromatic N) is 5. The molecule has 9 nitrogen and oxygen atoms in total. The Morgan fingerprint density at radius 3 is 2.67 bits per heavy atom. The number of sulfonamides is 1. The minimum atomic E-state index is -3.61. The molecule has 3 heterocycles. The quantitative estimate of drug-likeness (QED) is 0.651. The number of hydrogen-bond donors (Lipinski definition) is 0. The normalized spacial score (nSPS) is 23.1. The van der Waals surface area contributed by atoms with Gasteiger partial charge >= 0.3 is 0 Å². The average molecular weight is 400 g/mol. The van der Waals surface area contributed by atoms with Crippen molar-refractivity contribution in [2.75, 3.05) is 53.0 Å². The second kappa shape index (κ2) is 8.26. The van der Waals surface area contributed by atoms with E-state index in [9.17, 15) is 13.2 Å². The van der Waals surface area contributed by atoms with Crippen molar-refractivity contribution < 1.29 is 17.9 Å².